The van der Waals surface area contributed by atoms with Crippen LogP contribution in [-0.4, -0.2) is 120 Å². The lowest BCUT2D eigenvalue weighted by Gasteiger charge is -2.12. The quantitative estimate of drug-likeness (QED) is 0.0300. The van der Waals surface area contributed by atoms with Crippen LogP contribution in [0.5, 0.6) is 0 Å². The number of hydrogen-bond acceptors (Lipinski definition) is 30. The van der Waals surface area contributed by atoms with E-state index < -0.39 is 0 Å². The number of rotatable bonds is 22. The Hall–Kier alpha value is -10.4. The average Bonchev–Trinajstić information content (AvgIpc) is 0.937. The summed E-state index contributed by atoms with van der Waals surface area (Å²) in [6, 6.07) is 38.2. The number of halogens is 5. The van der Waals surface area contributed by atoms with Gasteiger partial charge >= 0.3 is 0 Å². The Morgan fingerprint density at radius 3 is 1.06 bits per heavy atom. The molecule has 10 aromatic rings. The van der Waals surface area contributed by atoms with Crippen molar-refractivity contribution in [1.29, 1.82) is 0 Å². The second-order valence-electron chi connectivity index (χ2n) is 21.4. The van der Waals surface area contributed by atoms with Gasteiger partial charge in [-0.2, -0.15) is 74.8 Å². The number of nitrogens with two attached hydrogens (primary N) is 6. The largest absolute Gasteiger partial charge is 0.368 e. The molecule has 0 unspecified atom stereocenters. The second-order valence-corrected chi connectivity index (χ2v) is 23.6. The summed E-state index contributed by atoms with van der Waals surface area (Å²) in [7, 11) is 3.66. The van der Waals surface area contributed by atoms with Crippen LogP contribution < -0.4 is 81.8 Å². The maximum absolute atomic E-state index is 5.95. The minimum absolute atomic E-state index is 0.104. The summed E-state index contributed by atoms with van der Waals surface area (Å²) in [6.45, 7) is 13.9. The first-order valence-corrected chi connectivity index (χ1v) is 31.5. The molecule has 20 N–H and O–H groups in total. The first-order chi connectivity index (χ1) is 45.7. The van der Waals surface area contributed by atoms with E-state index in [-0.39, 0.29) is 53.8 Å². The van der Waals surface area contributed by atoms with Crippen LogP contribution >= 0.6 is 58.0 Å². The molecule has 5 aromatic heterocycles. The first-order valence-electron chi connectivity index (χ1n) is 29.6. The Morgan fingerprint density at radius 2 is 0.667 bits per heavy atom. The van der Waals surface area contributed by atoms with Crippen LogP contribution in [0.2, 0.25) is 25.1 Å². The predicted octanol–water partition coefficient (Wildman–Crippen LogP) is 11.1. The van der Waals surface area contributed by atoms with Crippen LogP contribution in [0.3, 0.4) is 0 Å². The fraction of sp³-hybridized carbons (Fsp3) is 0.262. The van der Waals surface area contributed by atoms with Gasteiger partial charge in [-0.15, -0.1) is 0 Å². The number of anilines is 17. The molecule has 0 aliphatic heterocycles. The fourth-order valence-electron chi connectivity index (χ4n) is 7.68. The maximum atomic E-state index is 5.95. The molecule has 10 rings (SSSR count). The maximum Gasteiger partial charge on any atom is 0.233 e. The van der Waals surface area contributed by atoms with Crippen molar-refractivity contribution in [3.63, 3.8) is 0 Å². The SMILES string of the molecule is CC(C)Nc1nc(N)nc(NCCc2cccc(Cl)c2)n1.CC(C)Nc1nc(N)nc(NCc2ccc(Cl)cc2)n1.CC(C)Nc1nc(N)nc(Nc2cccc(Cl)c2)n1.CN(C)c1nc(N)nc(Nc2cccc(Cl)c2)n1.Nc1nc(N)nc(NCCc2cccc(Cl)c2)n1. The van der Waals surface area contributed by atoms with Gasteiger partial charge in [-0.3, -0.25) is 0 Å². The number of nitrogens with zero attached hydrogens (tertiary/aromatic N) is 16. The molecule has 0 radical (unpaired) electrons. The van der Waals surface area contributed by atoms with Crippen molar-refractivity contribution in [3.05, 3.63) is 163 Å². The molecule has 0 bridgehead atoms. The van der Waals surface area contributed by atoms with E-state index in [0.717, 1.165) is 51.0 Å². The molecule has 30 nitrogen and oxygen atoms in total. The zero-order valence-corrected chi connectivity index (χ0v) is 57.6. The number of aromatic nitrogens is 15. The molecular weight excluding hydrogens is 1330 g/mol. The third-order valence-corrected chi connectivity index (χ3v) is 12.8. The van der Waals surface area contributed by atoms with Crippen molar-refractivity contribution in [2.45, 2.75) is 79.1 Å². The number of hydrogen-bond donors (Lipinski definition) is 14. The molecule has 5 aromatic carbocycles. The van der Waals surface area contributed by atoms with Gasteiger partial charge in [0.05, 0.1) is 0 Å². The zero-order chi connectivity index (χ0) is 69.7. The molecule has 0 fully saturated rings. The molecule has 0 spiro atoms. The summed E-state index contributed by atoms with van der Waals surface area (Å²) in [6.07, 6.45) is 1.62. The summed E-state index contributed by atoms with van der Waals surface area (Å²) in [5, 5.41) is 28.0. The minimum atomic E-state index is 0.104. The van der Waals surface area contributed by atoms with E-state index >= 15 is 0 Å². The summed E-state index contributed by atoms with van der Waals surface area (Å²) in [5.41, 5.74) is 38.5. The Kier molecular flexibility index (Phi) is 29.6. The summed E-state index contributed by atoms with van der Waals surface area (Å²) in [5.74, 6) is 4.81. The van der Waals surface area contributed by atoms with Crippen molar-refractivity contribution in [3.8, 4) is 0 Å². The van der Waals surface area contributed by atoms with Crippen molar-refractivity contribution < 1.29 is 0 Å². The second kappa shape index (κ2) is 38.1. The van der Waals surface area contributed by atoms with Crippen molar-refractivity contribution in [1.82, 2.24) is 74.8 Å². The Balaban J connectivity index is 0.000000190. The Morgan fingerprint density at radius 1 is 0.333 bits per heavy atom. The van der Waals surface area contributed by atoms with Gasteiger partial charge in [-0.05, 0) is 144 Å². The van der Waals surface area contributed by atoms with Gasteiger partial charge in [-0.1, -0.05) is 107 Å². The van der Waals surface area contributed by atoms with E-state index in [1.54, 1.807) is 29.2 Å². The predicted molar refractivity (Wildman–Crippen MR) is 392 cm³/mol. The van der Waals surface area contributed by atoms with Crippen molar-refractivity contribution >= 4 is 159 Å². The van der Waals surface area contributed by atoms with Gasteiger partial charge in [0.15, 0.2) is 0 Å². The molecule has 0 atom stereocenters. The van der Waals surface area contributed by atoms with Gasteiger partial charge in [-0.25, -0.2) is 0 Å². The van der Waals surface area contributed by atoms with E-state index in [1.165, 1.54) is 0 Å². The van der Waals surface area contributed by atoms with E-state index in [4.69, 9.17) is 92.4 Å². The van der Waals surface area contributed by atoms with Gasteiger partial charge in [0.25, 0.3) is 0 Å². The Bertz CT molecular complexity index is 4020. The lowest BCUT2D eigenvalue weighted by atomic mass is 10.1. The fourth-order valence-corrected chi connectivity index (χ4v) is 8.61. The van der Waals surface area contributed by atoms with Gasteiger partial charge in [0.1, 0.15) is 0 Å². The first kappa shape index (κ1) is 74.6. The lowest BCUT2D eigenvalue weighted by molar-refractivity contribution is 0.866. The number of nitrogens with one attached hydrogen (secondary N) is 8. The molecular formula is C61H77Cl5N30. The highest BCUT2D eigenvalue weighted by molar-refractivity contribution is 6.32. The third kappa shape index (κ3) is 28.9. The number of nitrogen functional groups attached to an aromatic ring is 6. The molecule has 96 heavy (non-hydrogen) atoms. The van der Waals surface area contributed by atoms with Crippen molar-refractivity contribution in [2.24, 2.45) is 0 Å². The van der Waals surface area contributed by atoms with Crippen LogP contribution in [0, 0.1) is 0 Å². The van der Waals surface area contributed by atoms with E-state index in [2.05, 4.69) is 117 Å². The van der Waals surface area contributed by atoms with Crippen LogP contribution in [0.15, 0.2) is 121 Å². The van der Waals surface area contributed by atoms with E-state index in [0.29, 0.717) is 88.2 Å². The smallest absolute Gasteiger partial charge is 0.233 e. The van der Waals surface area contributed by atoms with Crippen LogP contribution in [0.4, 0.5) is 101 Å². The monoisotopic (exact) mass is 1400 g/mol. The summed E-state index contributed by atoms with van der Waals surface area (Å²) < 4.78 is 0. The standard InChI is InChI=1S/C14H19ClN6.C13H17ClN6.C12H15ClN6.2C11H13ClN6/c1-9(2)18-14-20-12(16)19-13(21-14)17-7-6-10-4-3-5-11(15)8-10;1-8(2)17-13-19-11(15)18-12(20-13)16-7-9-3-5-10(14)6-4-9;1-7(2)15-11-17-10(14)18-12(19-11)16-9-5-3-4-8(13)6-9;1-18(2)11-16-9(13)15-10(17-11)14-8-5-3-4-7(12)6-8;12-8-3-1-2-7(6-8)4-5-15-11-17-9(13)16-10(14)18-11/h3-5,8-9H,6-7H2,1-2H3,(H4,16,17,18,19,20,21);3-6,8H,7H2,1-2H3,(H4,15,16,17,18,19,20);3-7H,1-2H3,(H4,14,15,16,17,18,19);3-6H,1-2H3,(H3,13,14,15,16,17);1-3,6H,4-5H2,(H5,13,14,15,16,17,18). The van der Waals surface area contributed by atoms with Crippen LogP contribution in [0.1, 0.15) is 58.2 Å². The average molecular weight is 1410 g/mol. The molecule has 0 amide bonds. The molecule has 35 heteroatoms. The zero-order valence-electron chi connectivity index (χ0n) is 53.8. The molecule has 506 valence electrons. The van der Waals surface area contributed by atoms with Crippen molar-refractivity contribution in [2.75, 3.05) is 109 Å². The summed E-state index contributed by atoms with van der Waals surface area (Å²) in [4.78, 5) is 62.5. The van der Waals surface area contributed by atoms with Crippen LogP contribution in [-0.2, 0) is 19.4 Å². The normalized spacial score (nSPS) is 10.5. The molecule has 0 aliphatic rings. The lowest BCUT2D eigenvalue weighted by Crippen LogP contribution is -2.16. The highest BCUT2D eigenvalue weighted by atomic mass is 35.5. The highest BCUT2D eigenvalue weighted by Gasteiger charge is 2.11. The topological polar surface area (TPSA) is 449 Å². The third-order valence-electron chi connectivity index (χ3n) is 11.6. The Labute approximate surface area is 581 Å². The minimum Gasteiger partial charge on any atom is -0.368 e. The van der Waals surface area contributed by atoms with Gasteiger partial charge in [0, 0.05) is 88.3 Å². The van der Waals surface area contributed by atoms with Gasteiger partial charge < -0.3 is 81.8 Å². The van der Waals surface area contributed by atoms with Crippen LogP contribution in [0.25, 0.3) is 0 Å². The van der Waals surface area contributed by atoms with E-state index in [1.807, 2.05) is 153 Å². The molecule has 5 heterocycles. The van der Waals surface area contributed by atoms with E-state index in [9.17, 15) is 0 Å². The molecule has 0 aliphatic carbocycles. The number of benzene rings is 5. The molecule has 0 saturated heterocycles. The van der Waals surface area contributed by atoms with Gasteiger partial charge in [0.2, 0.25) is 89.2 Å². The molecule has 0 saturated carbocycles. The summed E-state index contributed by atoms with van der Waals surface area (Å²) >= 11 is 29.5. The highest BCUT2D eigenvalue weighted by Crippen LogP contribution is 2.22.